The van der Waals surface area contributed by atoms with Crippen LogP contribution in [-0.4, -0.2) is 15.6 Å². The Bertz CT molecular complexity index is 468. The number of carbonyl (C=O) groups is 1. The van der Waals surface area contributed by atoms with Crippen molar-refractivity contribution < 1.29 is 14.3 Å². The number of nitrogens with zero attached hydrogens (tertiary/aromatic N) is 1. The quantitative estimate of drug-likeness (QED) is 0.835. The maximum Gasteiger partial charge on any atom is 0.339 e. The van der Waals surface area contributed by atoms with E-state index in [-0.39, 0.29) is 5.56 Å². The number of hydrogen-bond donors (Lipinski definition) is 1. The number of hydrogen-bond acceptors (Lipinski definition) is 2. The minimum atomic E-state index is -0.949. The van der Waals surface area contributed by atoms with Crippen molar-refractivity contribution in [3.8, 4) is 0 Å². The minimum Gasteiger partial charge on any atom is -0.478 e. The number of aromatic nitrogens is 1. The number of aryl methyl sites for hydroxylation is 1. The van der Waals surface area contributed by atoms with Gasteiger partial charge in [0.15, 0.2) is 0 Å². The van der Waals surface area contributed by atoms with Crippen molar-refractivity contribution >= 4 is 5.97 Å². The molecule has 0 aliphatic heterocycles. The molecule has 4 heteroatoms. The largest absolute Gasteiger partial charge is 0.478 e. The van der Waals surface area contributed by atoms with Gasteiger partial charge in [0.05, 0.1) is 6.54 Å². The van der Waals surface area contributed by atoms with Crippen molar-refractivity contribution in [1.82, 2.24) is 4.57 Å². The molecule has 0 atom stereocenters. The van der Waals surface area contributed by atoms with Crippen molar-refractivity contribution in [1.29, 1.82) is 0 Å². The lowest BCUT2D eigenvalue weighted by Gasteiger charge is -1.97. The van der Waals surface area contributed by atoms with E-state index in [0.29, 0.717) is 18.1 Å². The number of carboxylic acid groups (broad SMARTS) is 1. The third-order valence-electron chi connectivity index (χ3n) is 2.20. The fourth-order valence-electron chi connectivity index (χ4n) is 1.49. The van der Waals surface area contributed by atoms with Crippen LogP contribution in [0.4, 0.5) is 0 Å². The maximum atomic E-state index is 10.8. The molecule has 2 aromatic heterocycles. The van der Waals surface area contributed by atoms with Crippen LogP contribution in [0.2, 0.25) is 0 Å². The van der Waals surface area contributed by atoms with Gasteiger partial charge in [0, 0.05) is 12.4 Å². The van der Waals surface area contributed by atoms with E-state index in [4.69, 9.17) is 9.52 Å². The van der Waals surface area contributed by atoms with Gasteiger partial charge in [0.25, 0.3) is 0 Å². The summed E-state index contributed by atoms with van der Waals surface area (Å²) < 4.78 is 7.27. The summed E-state index contributed by atoms with van der Waals surface area (Å²) >= 11 is 0. The van der Waals surface area contributed by atoms with Gasteiger partial charge in [0.2, 0.25) is 0 Å². The zero-order valence-corrected chi connectivity index (χ0v) is 8.30. The molecule has 0 unspecified atom stereocenters. The lowest BCUT2D eigenvalue weighted by Crippen LogP contribution is -1.96. The van der Waals surface area contributed by atoms with E-state index in [0.717, 1.165) is 0 Å². The molecule has 0 saturated carbocycles. The molecule has 0 aliphatic rings. The Morgan fingerprint density at radius 1 is 1.47 bits per heavy atom. The van der Waals surface area contributed by atoms with Gasteiger partial charge in [-0.2, -0.15) is 0 Å². The average Bonchev–Trinajstić information content (AvgIpc) is 2.75. The molecule has 4 nitrogen and oxygen atoms in total. The molecule has 78 valence electrons. The highest BCUT2D eigenvalue weighted by atomic mass is 16.4. The first kappa shape index (κ1) is 9.58. The Kier molecular flexibility index (Phi) is 2.33. The van der Waals surface area contributed by atoms with Crippen LogP contribution in [0.15, 0.2) is 35.0 Å². The second-order valence-electron chi connectivity index (χ2n) is 3.34. The number of rotatable bonds is 3. The molecule has 0 aliphatic carbocycles. The first-order valence-electron chi connectivity index (χ1n) is 4.60. The topological polar surface area (TPSA) is 55.4 Å². The fourth-order valence-corrected chi connectivity index (χ4v) is 1.49. The zero-order chi connectivity index (χ0) is 10.8. The summed E-state index contributed by atoms with van der Waals surface area (Å²) in [5.74, 6) is 0.153. The maximum absolute atomic E-state index is 10.8. The van der Waals surface area contributed by atoms with Crippen molar-refractivity contribution in [2.45, 2.75) is 13.5 Å². The molecule has 15 heavy (non-hydrogen) atoms. The Morgan fingerprint density at radius 3 is 2.67 bits per heavy atom. The summed E-state index contributed by atoms with van der Waals surface area (Å²) in [6.45, 7) is 2.21. The SMILES string of the molecule is Cc1oc(Cn2cccc2)cc1C(=O)O. The normalized spacial score (nSPS) is 10.5. The standard InChI is InChI=1S/C11H11NO3/c1-8-10(11(13)14)6-9(15-8)7-12-4-2-3-5-12/h2-6H,7H2,1H3,(H,13,14). The summed E-state index contributed by atoms with van der Waals surface area (Å²) in [6.07, 6.45) is 3.80. The lowest BCUT2D eigenvalue weighted by molar-refractivity contribution is 0.0695. The highest BCUT2D eigenvalue weighted by Gasteiger charge is 2.13. The van der Waals surface area contributed by atoms with Crippen LogP contribution in [0, 0.1) is 6.92 Å². The van der Waals surface area contributed by atoms with Crippen LogP contribution in [0.5, 0.6) is 0 Å². The Labute approximate surface area is 86.8 Å². The number of aromatic carboxylic acids is 1. The second kappa shape index (κ2) is 3.65. The van der Waals surface area contributed by atoms with Gasteiger partial charge in [-0.1, -0.05) is 0 Å². The smallest absolute Gasteiger partial charge is 0.339 e. The number of carboxylic acids is 1. The highest BCUT2D eigenvalue weighted by Crippen LogP contribution is 2.15. The van der Waals surface area contributed by atoms with Crippen LogP contribution in [0.25, 0.3) is 0 Å². The predicted molar refractivity (Wildman–Crippen MR) is 53.9 cm³/mol. The Hall–Kier alpha value is -1.97. The molecule has 1 N–H and O–H groups in total. The molecular formula is C11H11NO3. The third kappa shape index (κ3) is 1.93. The summed E-state index contributed by atoms with van der Waals surface area (Å²) in [6, 6.07) is 5.39. The molecule has 2 heterocycles. The molecule has 0 aromatic carbocycles. The first-order chi connectivity index (χ1) is 7.16. The lowest BCUT2D eigenvalue weighted by atomic mass is 10.2. The van der Waals surface area contributed by atoms with Crippen LogP contribution >= 0.6 is 0 Å². The highest BCUT2D eigenvalue weighted by molar-refractivity contribution is 5.88. The zero-order valence-electron chi connectivity index (χ0n) is 8.30. The molecule has 0 bridgehead atoms. The van der Waals surface area contributed by atoms with Gasteiger partial charge in [-0.15, -0.1) is 0 Å². The van der Waals surface area contributed by atoms with E-state index in [1.54, 1.807) is 13.0 Å². The van der Waals surface area contributed by atoms with Gasteiger partial charge < -0.3 is 14.1 Å². The van der Waals surface area contributed by atoms with Crippen LogP contribution in [0.3, 0.4) is 0 Å². The van der Waals surface area contributed by atoms with Crippen LogP contribution in [0.1, 0.15) is 21.9 Å². The monoisotopic (exact) mass is 205 g/mol. The van der Waals surface area contributed by atoms with Crippen molar-refractivity contribution in [2.24, 2.45) is 0 Å². The molecule has 0 spiro atoms. The Morgan fingerprint density at radius 2 is 2.13 bits per heavy atom. The van der Waals surface area contributed by atoms with Crippen molar-refractivity contribution in [3.63, 3.8) is 0 Å². The van der Waals surface area contributed by atoms with Gasteiger partial charge in [-0.05, 0) is 25.1 Å². The van der Waals surface area contributed by atoms with Gasteiger partial charge in [0.1, 0.15) is 17.1 Å². The average molecular weight is 205 g/mol. The first-order valence-corrected chi connectivity index (χ1v) is 4.60. The summed E-state index contributed by atoms with van der Waals surface area (Å²) in [7, 11) is 0. The van der Waals surface area contributed by atoms with Gasteiger partial charge >= 0.3 is 5.97 Å². The molecular weight excluding hydrogens is 194 g/mol. The summed E-state index contributed by atoms with van der Waals surface area (Å²) in [4.78, 5) is 10.8. The third-order valence-corrected chi connectivity index (χ3v) is 2.20. The summed E-state index contributed by atoms with van der Waals surface area (Å²) in [5.41, 5.74) is 0.233. The Balaban J connectivity index is 2.23. The molecule has 2 aromatic rings. The van der Waals surface area contributed by atoms with Crippen LogP contribution < -0.4 is 0 Å². The fraction of sp³-hybridized carbons (Fsp3) is 0.182. The van der Waals surface area contributed by atoms with E-state index >= 15 is 0 Å². The van der Waals surface area contributed by atoms with E-state index < -0.39 is 5.97 Å². The van der Waals surface area contributed by atoms with E-state index in [2.05, 4.69) is 0 Å². The van der Waals surface area contributed by atoms with Crippen molar-refractivity contribution in [2.75, 3.05) is 0 Å². The van der Waals surface area contributed by atoms with E-state index in [1.807, 2.05) is 29.1 Å². The molecule has 0 saturated heterocycles. The molecule has 0 fully saturated rings. The summed E-state index contributed by atoms with van der Waals surface area (Å²) in [5, 5.41) is 8.84. The van der Waals surface area contributed by atoms with Gasteiger partial charge in [-0.3, -0.25) is 0 Å². The van der Waals surface area contributed by atoms with E-state index in [1.165, 1.54) is 0 Å². The minimum absolute atomic E-state index is 0.233. The molecule has 0 amide bonds. The van der Waals surface area contributed by atoms with Gasteiger partial charge in [-0.25, -0.2) is 4.79 Å². The van der Waals surface area contributed by atoms with E-state index in [9.17, 15) is 4.79 Å². The number of furan rings is 1. The predicted octanol–water partition coefficient (Wildman–Crippen LogP) is 2.14. The van der Waals surface area contributed by atoms with Crippen LogP contribution in [-0.2, 0) is 6.54 Å². The second-order valence-corrected chi connectivity index (χ2v) is 3.34. The molecule has 2 rings (SSSR count). The molecule has 0 radical (unpaired) electrons. The van der Waals surface area contributed by atoms with Crippen molar-refractivity contribution in [3.05, 3.63) is 47.7 Å².